The summed E-state index contributed by atoms with van der Waals surface area (Å²) in [7, 11) is 1.83. The summed E-state index contributed by atoms with van der Waals surface area (Å²) in [4.78, 5) is 16.9. The minimum Gasteiger partial charge on any atom is -0.444 e. The molecule has 9 heteroatoms. The van der Waals surface area contributed by atoms with Crippen LogP contribution in [0.5, 0.6) is 0 Å². The number of thiazole rings is 1. The van der Waals surface area contributed by atoms with Crippen LogP contribution < -0.4 is 10.6 Å². The molecule has 2 aromatic heterocycles. The molecule has 0 radical (unpaired) electrons. The van der Waals surface area contributed by atoms with Gasteiger partial charge < -0.3 is 15.1 Å². The lowest BCUT2D eigenvalue weighted by atomic mass is 9.97. The molecule has 3 rings (SSSR count). The number of halogens is 1. The van der Waals surface area contributed by atoms with E-state index in [1.165, 1.54) is 22.7 Å². The van der Waals surface area contributed by atoms with E-state index >= 15 is 0 Å². The van der Waals surface area contributed by atoms with Gasteiger partial charge in [0.2, 0.25) is 5.89 Å². The largest absolute Gasteiger partial charge is 0.444 e. The second-order valence-corrected chi connectivity index (χ2v) is 8.78. The van der Waals surface area contributed by atoms with E-state index < -0.39 is 0 Å². The number of rotatable bonds is 7. The number of nitrogens with one attached hydrogen (secondary N) is 2. The molecular formula is C20H33IN6OS. The molecule has 1 saturated heterocycles. The average molecular weight is 532 g/mol. The molecule has 7 nitrogen and oxygen atoms in total. The SMILES string of the molecule is CN=C(NCCc1ncc(C)s1)NCC1CCN(Cc2nc(C)c(C)o2)CC1.I. The third-order valence-electron chi connectivity index (χ3n) is 5.22. The summed E-state index contributed by atoms with van der Waals surface area (Å²) in [5, 5.41) is 8.04. The molecule has 1 fully saturated rings. The maximum atomic E-state index is 5.72. The van der Waals surface area contributed by atoms with Gasteiger partial charge in [0.25, 0.3) is 0 Å². The minimum absolute atomic E-state index is 0. The van der Waals surface area contributed by atoms with Crippen molar-refractivity contribution in [3.63, 3.8) is 0 Å². The number of piperidine rings is 1. The monoisotopic (exact) mass is 532 g/mol. The van der Waals surface area contributed by atoms with E-state index in [1.54, 1.807) is 11.3 Å². The number of likely N-dealkylation sites (tertiary alicyclic amines) is 1. The lowest BCUT2D eigenvalue weighted by molar-refractivity contribution is 0.164. The number of aliphatic imine (C=N–C) groups is 1. The first-order chi connectivity index (χ1) is 13.5. The molecule has 0 unspecified atom stereocenters. The normalized spacial score (nSPS) is 15.9. The smallest absolute Gasteiger partial charge is 0.208 e. The Balaban J connectivity index is 0.00000300. The predicted octanol–water partition coefficient (Wildman–Crippen LogP) is 3.29. The Labute approximate surface area is 194 Å². The van der Waals surface area contributed by atoms with Crippen LogP contribution in [0.4, 0.5) is 0 Å². The highest BCUT2D eigenvalue weighted by Gasteiger charge is 2.21. The number of hydrogen-bond acceptors (Lipinski definition) is 6. The van der Waals surface area contributed by atoms with Gasteiger partial charge in [-0.1, -0.05) is 0 Å². The summed E-state index contributed by atoms with van der Waals surface area (Å²) < 4.78 is 5.72. The van der Waals surface area contributed by atoms with Gasteiger partial charge in [0.1, 0.15) is 5.76 Å². The Kier molecular flexibility index (Phi) is 9.84. The van der Waals surface area contributed by atoms with Gasteiger partial charge in [0, 0.05) is 37.6 Å². The van der Waals surface area contributed by atoms with E-state index in [0.717, 1.165) is 62.4 Å². The fourth-order valence-electron chi connectivity index (χ4n) is 3.41. The van der Waals surface area contributed by atoms with Crippen LogP contribution in [0.3, 0.4) is 0 Å². The van der Waals surface area contributed by atoms with Crippen molar-refractivity contribution < 1.29 is 4.42 Å². The van der Waals surface area contributed by atoms with Gasteiger partial charge in [0.15, 0.2) is 5.96 Å². The van der Waals surface area contributed by atoms with Crippen LogP contribution in [0, 0.1) is 26.7 Å². The highest BCUT2D eigenvalue weighted by atomic mass is 127. The van der Waals surface area contributed by atoms with Crippen LogP contribution in [0.2, 0.25) is 0 Å². The van der Waals surface area contributed by atoms with Gasteiger partial charge in [0.05, 0.1) is 17.2 Å². The molecule has 0 bridgehead atoms. The number of nitrogens with zero attached hydrogens (tertiary/aromatic N) is 4. The Bertz CT molecular complexity index is 762. The van der Waals surface area contributed by atoms with Crippen LogP contribution in [-0.4, -0.2) is 54.1 Å². The van der Waals surface area contributed by atoms with Gasteiger partial charge in [-0.15, -0.1) is 35.3 Å². The van der Waals surface area contributed by atoms with Crippen LogP contribution >= 0.6 is 35.3 Å². The van der Waals surface area contributed by atoms with Gasteiger partial charge in [-0.3, -0.25) is 9.89 Å². The maximum Gasteiger partial charge on any atom is 0.208 e. The number of guanidine groups is 1. The van der Waals surface area contributed by atoms with E-state index in [2.05, 4.69) is 37.4 Å². The molecule has 2 N–H and O–H groups in total. The standard InChI is InChI=1S/C20H32N6OS.HI/c1-14-11-23-19(28-14)5-8-22-20(21-4)24-12-17-6-9-26(10-7-17)13-18-25-15(2)16(3)27-18;/h11,17H,5-10,12-13H2,1-4H3,(H2,21,22,24);1H. The van der Waals surface area contributed by atoms with Gasteiger partial charge in [-0.2, -0.15) is 0 Å². The number of oxazole rings is 1. The third kappa shape index (κ3) is 7.53. The fourth-order valence-corrected chi connectivity index (χ4v) is 4.20. The summed E-state index contributed by atoms with van der Waals surface area (Å²) in [5.41, 5.74) is 0.998. The molecule has 1 aliphatic heterocycles. The highest BCUT2D eigenvalue weighted by Crippen LogP contribution is 2.19. The van der Waals surface area contributed by atoms with Gasteiger partial charge in [-0.25, -0.2) is 9.97 Å². The second-order valence-electron chi connectivity index (χ2n) is 7.46. The first-order valence-corrected chi connectivity index (χ1v) is 10.9. The van der Waals surface area contributed by atoms with Crippen LogP contribution in [-0.2, 0) is 13.0 Å². The van der Waals surface area contributed by atoms with Crippen LogP contribution in [0.25, 0.3) is 0 Å². The van der Waals surface area contributed by atoms with E-state index in [9.17, 15) is 0 Å². The van der Waals surface area contributed by atoms with E-state index in [1.807, 2.05) is 27.1 Å². The predicted molar refractivity (Wildman–Crippen MR) is 129 cm³/mol. The van der Waals surface area contributed by atoms with Crippen LogP contribution in [0.15, 0.2) is 15.6 Å². The lowest BCUT2D eigenvalue weighted by Crippen LogP contribution is -2.43. The molecule has 0 spiro atoms. The molecule has 0 atom stereocenters. The maximum absolute atomic E-state index is 5.72. The zero-order valence-corrected chi connectivity index (χ0v) is 21.0. The average Bonchev–Trinajstić information content (AvgIpc) is 3.24. The van der Waals surface area contributed by atoms with Crippen molar-refractivity contribution in [1.29, 1.82) is 0 Å². The number of aromatic nitrogens is 2. The van der Waals surface area contributed by atoms with Crippen molar-refractivity contribution in [2.45, 2.75) is 46.6 Å². The molecule has 0 saturated carbocycles. The zero-order chi connectivity index (χ0) is 19.9. The summed E-state index contributed by atoms with van der Waals surface area (Å²) in [6, 6.07) is 0. The molecular weight excluding hydrogens is 499 g/mol. The van der Waals surface area contributed by atoms with Gasteiger partial charge >= 0.3 is 0 Å². The Morgan fingerprint density at radius 2 is 2.03 bits per heavy atom. The van der Waals surface area contributed by atoms with E-state index in [4.69, 9.17) is 4.42 Å². The van der Waals surface area contributed by atoms with E-state index in [0.29, 0.717) is 5.92 Å². The Morgan fingerprint density at radius 1 is 1.28 bits per heavy atom. The van der Waals surface area contributed by atoms with Crippen molar-refractivity contribution in [1.82, 2.24) is 25.5 Å². The summed E-state index contributed by atoms with van der Waals surface area (Å²) >= 11 is 1.76. The van der Waals surface area contributed by atoms with E-state index in [-0.39, 0.29) is 24.0 Å². The van der Waals surface area contributed by atoms with Crippen molar-refractivity contribution in [2.24, 2.45) is 10.9 Å². The van der Waals surface area contributed by atoms with Crippen molar-refractivity contribution in [2.75, 3.05) is 33.2 Å². The summed E-state index contributed by atoms with van der Waals surface area (Å²) in [6.45, 7) is 10.9. The molecule has 0 aromatic carbocycles. The topological polar surface area (TPSA) is 78.6 Å². The quantitative estimate of drug-likeness (QED) is 0.324. The van der Waals surface area contributed by atoms with Gasteiger partial charge in [-0.05, 0) is 52.6 Å². The molecule has 0 aliphatic carbocycles. The first-order valence-electron chi connectivity index (χ1n) is 10.0. The first kappa shape index (κ1) is 24.1. The minimum atomic E-state index is 0. The molecule has 162 valence electrons. The molecule has 2 aromatic rings. The number of aryl methyl sites for hydroxylation is 3. The van der Waals surface area contributed by atoms with Crippen molar-refractivity contribution >= 4 is 41.3 Å². The summed E-state index contributed by atoms with van der Waals surface area (Å²) in [6.07, 6.45) is 5.23. The van der Waals surface area contributed by atoms with Crippen molar-refractivity contribution in [3.8, 4) is 0 Å². The zero-order valence-electron chi connectivity index (χ0n) is 17.8. The third-order valence-corrected chi connectivity index (χ3v) is 6.19. The fraction of sp³-hybridized carbons (Fsp3) is 0.650. The Morgan fingerprint density at radius 3 is 2.62 bits per heavy atom. The molecule has 3 heterocycles. The summed E-state index contributed by atoms with van der Waals surface area (Å²) in [5.74, 6) is 3.32. The van der Waals surface area contributed by atoms with Crippen LogP contribution in [0.1, 0.15) is 40.1 Å². The lowest BCUT2D eigenvalue weighted by Gasteiger charge is -2.31. The number of hydrogen-bond donors (Lipinski definition) is 2. The molecule has 29 heavy (non-hydrogen) atoms. The molecule has 0 amide bonds. The Hall–Kier alpha value is -1.20. The highest BCUT2D eigenvalue weighted by molar-refractivity contribution is 14.0. The van der Waals surface area contributed by atoms with Crippen molar-refractivity contribution in [3.05, 3.63) is 33.4 Å². The molecule has 1 aliphatic rings. The second kappa shape index (κ2) is 11.8.